The van der Waals surface area contributed by atoms with Crippen molar-refractivity contribution >= 4 is 8.32 Å². The standard InChI is InChI=1S/C21H31OSi/c1-18-11-10-12-19(17-18)13-16-21(14-8-7-9-15-21)22-23(5,6)20(2,3)4/h10,12,17H,7-9,14-15H2,1-6H3. The summed E-state index contributed by atoms with van der Waals surface area (Å²) in [7, 11) is -1.82. The molecule has 2 rings (SSSR count). The molecule has 0 aliphatic heterocycles. The normalized spacial score (nSPS) is 18.2. The quantitative estimate of drug-likeness (QED) is 0.487. The van der Waals surface area contributed by atoms with E-state index in [2.05, 4.69) is 64.8 Å². The van der Waals surface area contributed by atoms with Crippen molar-refractivity contribution in [2.24, 2.45) is 0 Å². The van der Waals surface area contributed by atoms with Crippen LogP contribution in [-0.4, -0.2) is 13.9 Å². The van der Waals surface area contributed by atoms with E-state index in [1.807, 2.05) is 12.1 Å². The monoisotopic (exact) mass is 327 g/mol. The van der Waals surface area contributed by atoms with Gasteiger partial charge in [0.1, 0.15) is 5.60 Å². The summed E-state index contributed by atoms with van der Waals surface area (Å²) in [6.45, 7) is 13.7. The smallest absolute Gasteiger partial charge is 0.194 e. The summed E-state index contributed by atoms with van der Waals surface area (Å²) in [6, 6.07) is 9.30. The molecule has 1 fully saturated rings. The van der Waals surface area contributed by atoms with Crippen molar-refractivity contribution in [1.82, 2.24) is 0 Å². The maximum absolute atomic E-state index is 6.84. The van der Waals surface area contributed by atoms with E-state index in [0.29, 0.717) is 0 Å². The van der Waals surface area contributed by atoms with E-state index in [1.165, 1.54) is 19.3 Å². The van der Waals surface area contributed by atoms with E-state index in [4.69, 9.17) is 4.43 Å². The van der Waals surface area contributed by atoms with Gasteiger partial charge in [0.05, 0.1) is 0 Å². The summed E-state index contributed by atoms with van der Waals surface area (Å²) in [5.41, 5.74) is 1.97. The fourth-order valence-electron chi connectivity index (χ4n) is 2.87. The molecule has 1 aliphatic carbocycles. The van der Waals surface area contributed by atoms with E-state index >= 15 is 0 Å². The Morgan fingerprint density at radius 2 is 1.83 bits per heavy atom. The lowest BCUT2D eigenvalue weighted by Crippen LogP contribution is -2.50. The van der Waals surface area contributed by atoms with Gasteiger partial charge in [-0.05, 0) is 74.5 Å². The van der Waals surface area contributed by atoms with E-state index in [1.54, 1.807) is 0 Å². The fraction of sp³-hybridized carbons (Fsp3) is 0.619. The van der Waals surface area contributed by atoms with Gasteiger partial charge in [0, 0.05) is 5.56 Å². The molecule has 1 aliphatic rings. The number of hydrogen-bond acceptors (Lipinski definition) is 1. The van der Waals surface area contributed by atoms with Gasteiger partial charge < -0.3 is 4.43 Å². The van der Waals surface area contributed by atoms with Gasteiger partial charge >= 0.3 is 0 Å². The lowest BCUT2D eigenvalue weighted by Gasteiger charge is -2.45. The van der Waals surface area contributed by atoms with Crippen LogP contribution in [0.25, 0.3) is 0 Å². The molecule has 0 N–H and O–H groups in total. The Kier molecular flexibility index (Phi) is 5.43. The zero-order valence-electron chi connectivity index (χ0n) is 15.7. The number of rotatable bonds is 2. The summed E-state index contributed by atoms with van der Waals surface area (Å²) in [4.78, 5) is 0. The molecule has 0 saturated heterocycles. The number of aryl methyl sites for hydroxylation is 1. The molecule has 23 heavy (non-hydrogen) atoms. The van der Waals surface area contributed by atoms with Crippen LogP contribution in [0.4, 0.5) is 0 Å². The molecule has 0 heterocycles. The lowest BCUT2D eigenvalue weighted by molar-refractivity contribution is 0.0718. The van der Waals surface area contributed by atoms with Gasteiger partial charge in [0.25, 0.3) is 0 Å². The van der Waals surface area contributed by atoms with E-state index in [0.717, 1.165) is 24.0 Å². The van der Waals surface area contributed by atoms with Crippen LogP contribution in [-0.2, 0) is 4.43 Å². The van der Waals surface area contributed by atoms with Gasteiger partial charge in [-0.2, -0.15) is 0 Å². The highest BCUT2D eigenvalue weighted by Crippen LogP contribution is 2.42. The number of hydrogen-bond donors (Lipinski definition) is 0. The maximum Gasteiger partial charge on any atom is 0.194 e. The molecule has 0 spiro atoms. The third-order valence-corrected chi connectivity index (χ3v) is 9.81. The van der Waals surface area contributed by atoms with Gasteiger partial charge in [-0.1, -0.05) is 45.1 Å². The van der Waals surface area contributed by atoms with Crippen LogP contribution in [0.15, 0.2) is 18.2 Å². The maximum atomic E-state index is 6.84. The Bertz CT molecular complexity index is 592. The molecule has 0 amide bonds. The highest BCUT2D eigenvalue weighted by atomic mass is 28.4. The highest BCUT2D eigenvalue weighted by Gasteiger charge is 2.44. The Balaban J connectivity index is 2.30. The van der Waals surface area contributed by atoms with Crippen LogP contribution in [0.3, 0.4) is 0 Å². The van der Waals surface area contributed by atoms with Crippen molar-refractivity contribution in [3.63, 3.8) is 0 Å². The topological polar surface area (TPSA) is 9.23 Å². The summed E-state index contributed by atoms with van der Waals surface area (Å²) < 4.78 is 6.84. The van der Waals surface area contributed by atoms with Crippen LogP contribution in [0, 0.1) is 24.8 Å². The minimum atomic E-state index is -1.82. The summed E-state index contributed by atoms with van der Waals surface area (Å²) in [5, 5.41) is 0.220. The summed E-state index contributed by atoms with van der Waals surface area (Å²) in [6.07, 6.45) is 5.91. The molecule has 2 heteroatoms. The largest absolute Gasteiger partial charge is 0.401 e. The van der Waals surface area contributed by atoms with Crippen LogP contribution in [0.1, 0.15) is 64.0 Å². The molecular formula is C21H31OSi. The molecule has 0 atom stereocenters. The predicted octanol–water partition coefficient (Wildman–Crippen LogP) is 5.87. The first-order valence-corrected chi connectivity index (χ1v) is 11.8. The minimum absolute atomic E-state index is 0.220. The molecule has 125 valence electrons. The lowest BCUT2D eigenvalue weighted by atomic mass is 9.85. The van der Waals surface area contributed by atoms with Crippen LogP contribution in [0.5, 0.6) is 0 Å². The third-order valence-electron chi connectivity index (χ3n) is 5.30. The molecule has 1 nitrogen and oxygen atoms in total. The average Bonchev–Trinajstić information content (AvgIpc) is 2.45. The first-order valence-electron chi connectivity index (χ1n) is 8.85. The van der Waals surface area contributed by atoms with Crippen molar-refractivity contribution in [2.45, 2.75) is 83.5 Å². The van der Waals surface area contributed by atoms with Gasteiger partial charge in [0.15, 0.2) is 8.32 Å². The molecular weight excluding hydrogens is 296 g/mol. The molecule has 1 aromatic rings. The zero-order valence-corrected chi connectivity index (χ0v) is 16.7. The fourth-order valence-corrected chi connectivity index (χ4v) is 4.40. The second-order valence-electron chi connectivity index (χ2n) is 8.43. The average molecular weight is 328 g/mol. The summed E-state index contributed by atoms with van der Waals surface area (Å²) in [5.74, 6) is 6.95. The van der Waals surface area contributed by atoms with Gasteiger partial charge in [-0.15, -0.1) is 0 Å². The van der Waals surface area contributed by atoms with Gasteiger partial charge in [-0.25, -0.2) is 0 Å². The SMILES string of the molecule is Cc1[c]ccc(C#CC2(O[Si](C)(C)C(C)(C)C)CCCCC2)c1. The first kappa shape index (κ1) is 18.3. The molecule has 0 unspecified atom stereocenters. The molecule has 1 aromatic carbocycles. The summed E-state index contributed by atoms with van der Waals surface area (Å²) >= 11 is 0. The van der Waals surface area contributed by atoms with Crippen molar-refractivity contribution < 1.29 is 4.43 Å². The molecule has 0 aromatic heterocycles. The minimum Gasteiger partial charge on any atom is -0.401 e. The Morgan fingerprint density at radius 1 is 1.17 bits per heavy atom. The van der Waals surface area contributed by atoms with Crippen LogP contribution in [0.2, 0.25) is 18.1 Å². The zero-order chi connectivity index (χ0) is 17.1. The van der Waals surface area contributed by atoms with Crippen molar-refractivity contribution in [3.05, 3.63) is 35.4 Å². The Hall–Kier alpha value is -1.04. The Morgan fingerprint density at radius 3 is 2.39 bits per heavy atom. The predicted molar refractivity (Wildman–Crippen MR) is 101 cm³/mol. The molecule has 0 bridgehead atoms. The van der Waals surface area contributed by atoms with E-state index in [-0.39, 0.29) is 10.6 Å². The molecule has 1 radical (unpaired) electrons. The van der Waals surface area contributed by atoms with Crippen LogP contribution >= 0.6 is 0 Å². The van der Waals surface area contributed by atoms with Gasteiger partial charge in [-0.3, -0.25) is 0 Å². The van der Waals surface area contributed by atoms with Crippen molar-refractivity contribution in [2.75, 3.05) is 0 Å². The van der Waals surface area contributed by atoms with Crippen LogP contribution < -0.4 is 0 Å². The number of benzene rings is 1. The second kappa shape index (κ2) is 6.83. The van der Waals surface area contributed by atoms with Crippen molar-refractivity contribution in [1.29, 1.82) is 0 Å². The highest BCUT2D eigenvalue weighted by molar-refractivity contribution is 6.74. The van der Waals surface area contributed by atoms with E-state index < -0.39 is 8.32 Å². The van der Waals surface area contributed by atoms with Crippen molar-refractivity contribution in [3.8, 4) is 11.8 Å². The second-order valence-corrected chi connectivity index (χ2v) is 13.2. The van der Waals surface area contributed by atoms with Gasteiger partial charge in [0.2, 0.25) is 0 Å². The Labute approximate surface area is 144 Å². The van der Waals surface area contributed by atoms with E-state index in [9.17, 15) is 0 Å². The third kappa shape index (κ3) is 4.72. The molecule has 1 saturated carbocycles. The first-order chi connectivity index (χ1) is 10.6.